The van der Waals surface area contributed by atoms with Gasteiger partial charge in [0.15, 0.2) is 5.96 Å². The van der Waals surface area contributed by atoms with Gasteiger partial charge in [0.1, 0.15) is 0 Å². The molecule has 1 aromatic heterocycles. The lowest BCUT2D eigenvalue weighted by molar-refractivity contribution is 0.00246. The zero-order valence-corrected chi connectivity index (χ0v) is 19.6. The van der Waals surface area contributed by atoms with Gasteiger partial charge >= 0.3 is 0 Å². The summed E-state index contributed by atoms with van der Waals surface area (Å²) in [6.45, 7) is 9.32. The SMILES string of the molecule is CCc1ccc(CNC(=NC)NCC(C2CCOC2)N2CCOCC2)s1.I. The van der Waals surface area contributed by atoms with E-state index in [1.54, 1.807) is 0 Å². The van der Waals surface area contributed by atoms with Crippen LogP contribution >= 0.6 is 35.3 Å². The van der Waals surface area contributed by atoms with Crippen molar-refractivity contribution >= 4 is 41.3 Å². The fourth-order valence-corrected chi connectivity index (χ4v) is 4.56. The number of guanidine groups is 1. The molecule has 8 heteroatoms. The van der Waals surface area contributed by atoms with E-state index < -0.39 is 0 Å². The number of rotatable bonds is 7. The van der Waals surface area contributed by atoms with Crippen LogP contribution in [0.2, 0.25) is 0 Å². The minimum absolute atomic E-state index is 0. The Balaban J connectivity index is 0.00000261. The maximum Gasteiger partial charge on any atom is 0.191 e. The van der Waals surface area contributed by atoms with E-state index in [-0.39, 0.29) is 24.0 Å². The number of morpholine rings is 1. The first kappa shape index (κ1) is 22.9. The number of ether oxygens (including phenoxy) is 2. The molecule has 1 aromatic rings. The van der Waals surface area contributed by atoms with Gasteiger partial charge in [-0.2, -0.15) is 0 Å². The molecule has 2 fully saturated rings. The first-order valence-corrected chi connectivity index (χ1v) is 10.5. The van der Waals surface area contributed by atoms with Gasteiger partial charge in [0.25, 0.3) is 0 Å². The highest BCUT2D eigenvalue weighted by molar-refractivity contribution is 14.0. The summed E-state index contributed by atoms with van der Waals surface area (Å²) in [5.74, 6) is 1.46. The van der Waals surface area contributed by atoms with E-state index >= 15 is 0 Å². The highest BCUT2D eigenvalue weighted by Gasteiger charge is 2.31. The van der Waals surface area contributed by atoms with Gasteiger partial charge in [0.05, 0.1) is 26.4 Å². The Hall–Kier alpha value is -0.420. The Morgan fingerprint density at radius 3 is 2.63 bits per heavy atom. The molecule has 154 valence electrons. The van der Waals surface area contributed by atoms with Gasteiger partial charge in [0.2, 0.25) is 0 Å². The van der Waals surface area contributed by atoms with E-state index in [9.17, 15) is 0 Å². The van der Waals surface area contributed by atoms with Crippen molar-refractivity contribution < 1.29 is 9.47 Å². The number of hydrogen-bond acceptors (Lipinski definition) is 5. The van der Waals surface area contributed by atoms with Crippen molar-refractivity contribution in [2.75, 3.05) is 53.1 Å². The molecule has 2 aliphatic heterocycles. The van der Waals surface area contributed by atoms with Gasteiger partial charge in [-0.3, -0.25) is 9.89 Å². The Morgan fingerprint density at radius 2 is 2.00 bits per heavy atom. The molecular weight excluding hydrogens is 475 g/mol. The second-order valence-corrected chi connectivity index (χ2v) is 8.12. The number of thiophene rings is 1. The molecular formula is C19H33IN4O2S. The maximum atomic E-state index is 5.65. The quantitative estimate of drug-likeness (QED) is 0.337. The van der Waals surface area contributed by atoms with Crippen LogP contribution in [0.15, 0.2) is 17.1 Å². The molecule has 0 radical (unpaired) electrons. The lowest BCUT2D eigenvalue weighted by Crippen LogP contribution is -2.53. The summed E-state index contributed by atoms with van der Waals surface area (Å²) >= 11 is 1.87. The number of hydrogen-bond donors (Lipinski definition) is 2. The minimum atomic E-state index is 0. The minimum Gasteiger partial charge on any atom is -0.381 e. The number of aliphatic imine (C=N–C) groups is 1. The van der Waals surface area contributed by atoms with Gasteiger partial charge in [-0.15, -0.1) is 35.3 Å². The molecule has 0 spiro atoms. The summed E-state index contributed by atoms with van der Waals surface area (Å²) < 4.78 is 11.2. The van der Waals surface area contributed by atoms with Crippen molar-refractivity contribution in [2.45, 2.75) is 32.4 Å². The van der Waals surface area contributed by atoms with E-state index in [0.29, 0.717) is 12.0 Å². The first-order chi connectivity index (χ1) is 12.8. The van der Waals surface area contributed by atoms with E-state index in [1.807, 2.05) is 18.4 Å². The van der Waals surface area contributed by atoms with Crippen molar-refractivity contribution in [3.05, 3.63) is 21.9 Å². The second kappa shape index (κ2) is 12.2. The van der Waals surface area contributed by atoms with Gasteiger partial charge in [-0.05, 0) is 25.0 Å². The van der Waals surface area contributed by atoms with E-state index in [2.05, 4.69) is 39.6 Å². The Labute approximate surface area is 184 Å². The monoisotopic (exact) mass is 508 g/mol. The van der Waals surface area contributed by atoms with Gasteiger partial charge in [0, 0.05) is 55.0 Å². The molecule has 27 heavy (non-hydrogen) atoms. The van der Waals surface area contributed by atoms with Crippen molar-refractivity contribution in [1.82, 2.24) is 15.5 Å². The van der Waals surface area contributed by atoms with Crippen LogP contribution in [0.3, 0.4) is 0 Å². The normalized spacial score (nSPS) is 22.3. The van der Waals surface area contributed by atoms with Crippen LogP contribution < -0.4 is 10.6 Å². The molecule has 2 saturated heterocycles. The molecule has 0 aromatic carbocycles. The van der Waals surface area contributed by atoms with E-state index in [0.717, 1.165) is 71.4 Å². The smallest absolute Gasteiger partial charge is 0.191 e. The summed E-state index contributed by atoms with van der Waals surface area (Å²) in [4.78, 5) is 9.72. The van der Waals surface area contributed by atoms with Crippen molar-refractivity contribution in [1.29, 1.82) is 0 Å². The zero-order chi connectivity index (χ0) is 18.2. The predicted octanol–water partition coefficient (Wildman–Crippen LogP) is 2.33. The summed E-state index contributed by atoms with van der Waals surface area (Å²) in [5, 5.41) is 6.99. The average molecular weight is 508 g/mol. The number of nitrogens with zero attached hydrogens (tertiary/aromatic N) is 2. The molecule has 2 atom stereocenters. The summed E-state index contributed by atoms with van der Waals surface area (Å²) in [6, 6.07) is 4.89. The van der Waals surface area contributed by atoms with Crippen molar-refractivity contribution in [3.8, 4) is 0 Å². The van der Waals surface area contributed by atoms with Gasteiger partial charge < -0.3 is 20.1 Å². The molecule has 2 unspecified atom stereocenters. The average Bonchev–Trinajstić information content (AvgIpc) is 3.37. The van der Waals surface area contributed by atoms with Crippen LogP contribution in [-0.4, -0.2) is 70.0 Å². The summed E-state index contributed by atoms with van der Waals surface area (Å²) in [7, 11) is 1.84. The predicted molar refractivity (Wildman–Crippen MR) is 122 cm³/mol. The number of aryl methyl sites for hydroxylation is 1. The third-order valence-corrected chi connectivity index (χ3v) is 6.45. The second-order valence-electron chi connectivity index (χ2n) is 6.87. The van der Waals surface area contributed by atoms with Gasteiger partial charge in [-0.25, -0.2) is 0 Å². The maximum absolute atomic E-state index is 5.65. The lowest BCUT2D eigenvalue weighted by Gasteiger charge is -2.37. The first-order valence-electron chi connectivity index (χ1n) is 9.71. The van der Waals surface area contributed by atoms with Crippen LogP contribution in [0, 0.1) is 5.92 Å². The van der Waals surface area contributed by atoms with Crippen LogP contribution in [0.1, 0.15) is 23.1 Å². The fraction of sp³-hybridized carbons (Fsp3) is 0.737. The Bertz CT molecular complexity index is 572. The van der Waals surface area contributed by atoms with Crippen LogP contribution in [0.4, 0.5) is 0 Å². The third-order valence-electron chi connectivity index (χ3n) is 5.22. The standard InChI is InChI=1S/C19H32N4O2S.HI/c1-3-16-4-5-17(26-16)12-21-19(20-2)22-13-18(15-6-9-25-14-15)23-7-10-24-11-8-23;/h4-5,15,18H,3,6-14H2,1-2H3,(H2,20,21,22);1H. The molecule has 0 aliphatic carbocycles. The van der Waals surface area contributed by atoms with E-state index in [4.69, 9.17) is 9.47 Å². The van der Waals surface area contributed by atoms with Crippen LogP contribution in [-0.2, 0) is 22.4 Å². The number of nitrogens with one attached hydrogen (secondary N) is 2. The molecule has 3 heterocycles. The Morgan fingerprint density at radius 1 is 1.22 bits per heavy atom. The molecule has 3 rings (SSSR count). The van der Waals surface area contributed by atoms with E-state index in [1.165, 1.54) is 9.75 Å². The highest BCUT2D eigenvalue weighted by Crippen LogP contribution is 2.22. The molecule has 0 amide bonds. The molecule has 2 aliphatic rings. The highest BCUT2D eigenvalue weighted by atomic mass is 127. The van der Waals surface area contributed by atoms with Crippen molar-refractivity contribution in [2.24, 2.45) is 10.9 Å². The van der Waals surface area contributed by atoms with Crippen LogP contribution in [0.25, 0.3) is 0 Å². The Kier molecular flexibility index (Phi) is 10.3. The summed E-state index contributed by atoms with van der Waals surface area (Å²) in [5.41, 5.74) is 0. The number of halogens is 1. The van der Waals surface area contributed by atoms with Gasteiger partial charge in [-0.1, -0.05) is 6.92 Å². The lowest BCUT2D eigenvalue weighted by atomic mass is 9.97. The fourth-order valence-electron chi connectivity index (χ4n) is 3.66. The topological polar surface area (TPSA) is 58.1 Å². The largest absolute Gasteiger partial charge is 0.381 e. The molecule has 2 N–H and O–H groups in total. The molecule has 6 nitrogen and oxygen atoms in total. The molecule has 0 bridgehead atoms. The van der Waals surface area contributed by atoms with Crippen LogP contribution in [0.5, 0.6) is 0 Å². The third kappa shape index (κ3) is 6.85. The summed E-state index contributed by atoms with van der Waals surface area (Å²) in [6.07, 6.45) is 2.24. The van der Waals surface area contributed by atoms with Crippen molar-refractivity contribution in [3.63, 3.8) is 0 Å². The molecule has 0 saturated carbocycles. The zero-order valence-electron chi connectivity index (χ0n) is 16.4.